The summed E-state index contributed by atoms with van der Waals surface area (Å²) in [6.07, 6.45) is 13.1. The van der Waals surface area contributed by atoms with E-state index in [-0.39, 0.29) is 0 Å². The van der Waals surface area contributed by atoms with Gasteiger partial charge in [0.2, 0.25) is 0 Å². The topological polar surface area (TPSA) is 13.0 Å². The summed E-state index contributed by atoms with van der Waals surface area (Å²) >= 11 is 0. The van der Waals surface area contributed by atoms with Gasteiger partial charge in [0.15, 0.2) is 0 Å². The van der Waals surface area contributed by atoms with Crippen molar-refractivity contribution < 1.29 is 4.39 Å². The molecule has 0 aromatic carbocycles. The zero-order valence-electron chi connectivity index (χ0n) is 22.0. The number of rotatable bonds is 0. The molecule has 4 nitrogen and oxygen atoms in total. The third-order valence-electron chi connectivity index (χ3n) is 7.23. The maximum Gasteiger partial charge on any atom is 0.110 e. The lowest BCUT2D eigenvalue weighted by Gasteiger charge is -2.31. The van der Waals surface area contributed by atoms with Crippen LogP contribution in [-0.4, -0.2) is 106 Å². The van der Waals surface area contributed by atoms with Crippen LogP contribution in [0.1, 0.15) is 78.1 Å². The fourth-order valence-electron chi connectivity index (χ4n) is 4.35. The summed E-state index contributed by atoms with van der Waals surface area (Å²) in [5, 5.41) is 0. The van der Waals surface area contributed by atoms with E-state index in [4.69, 9.17) is 0 Å². The Morgan fingerprint density at radius 3 is 1.19 bits per heavy atom. The second kappa shape index (κ2) is 16.4. The summed E-state index contributed by atoms with van der Waals surface area (Å²) < 4.78 is 13.0. The van der Waals surface area contributed by atoms with Gasteiger partial charge < -0.3 is 19.6 Å². The number of hydrogen-bond donors (Lipinski definition) is 0. The molecule has 0 N–H and O–H groups in total. The minimum atomic E-state index is -0.882. The molecule has 1 saturated carbocycles. The Morgan fingerprint density at radius 2 is 0.903 bits per heavy atom. The fraction of sp³-hybridized carbons (Fsp3) is 1.00. The van der Waals surface area contributed by atoms with Crippen molar-refractivity contribution in [1.82, 2.24) is 19.6 Å². The molecule has 3 aliphatic heterocycles. The lowest BCUT2D eigenvalue weighted by molar-refractivity contribution is 0.0870. The van der Waals surface area contributed by atoms with Crippen molar-refractivity contribution in [2.75, 3.05) is 80.5 Å². The maximum absolute atomic E-state index is 13.0. The van der Waals surface area contributed by atoms with Crippen LogP contribution in [0.3, 0.4) is 0 Å². The van der Waals surface area contributed by atoms with E-state index in [1.165, 1.54) is 90.6 Å². The number of halogens is 1. The molecule has 4 rings (SSSR count). The first-order valence-electron chi connectivity index (χ1n) is 13.1. The molecule has 31 heavy (non-hydrogen) atoms. The van der Waals surface area contributed by atoms with E-state index in [0.717, 1.165) is 19.0 Å². The number of likely N-dealkylation sites (N-methyl/N-ethyl adjacent to an activating group) is 2. The molecular weight excluding hydrogens is 387 g/mol. The lowest BCUT2D eigenvalue weighted by atomic mass is 9.91. The van der Waals surface area contributed by atoms with E-state index in [0.29, 0.717) is 12.8 Å². The number of hydrogen-bond acceptors (Lipinski definition) is 4. The van der Waals surface area contributed by atoms with Gasteiger partial charge in [-0.1, -0.05) is 45.4 Å². The molecule has 186 valence electrons. The van der Waals surface area contributed by atoms with Crippen molar-refractivity contribution >= 4 is 0 Å². The van der Waals surface area contributed by atoms with E-state index in [9.17, 15) is 4.39 Å². The van der Waals surface area contributed by atoms with Gasteiger partial charge in [0, 0.05) is 39.3 Å². The van der Waals surface area contributed by atoms with Crippen LogP contribution in [0.25, 0.3) is 0 Å². The second-order valence-electron chi connectivity index (χ2n) is 10.9. The summed E-state index contributed by atoms with van der Waals surface area (Å²) in [4.78, 5) is 9.28. The summed E-state index contributed by atoms with van der Waals surface area (Å²) in [7, 11) is 8.58. The molecule has 3 saturated heterocycles. The number of likely N-dealkylation sites (tertiary alicyclic amines) is 2. The normalized spacial score (nSPS) is 26.4. The van der Waals surface area contributed by atoms with Gasteiger partial charge >= 0.3 is 0 Å². The Hall–Kier alpha value is -0.230. The number of alkyl halides is 1. The molecule has 0 spiro atoms. The monoisotopic (exact) mass is 442 g/mol. The summed E-state index contributed by atoms with van der Waals surface area (Å²) in [5.74, 6) is 1.04. The number of piperidine rings is 2. The van der Waals surface area contributed by atoms with Gasteiger partial charge in [0.05, 0.1) is 0 Å². The van der Waals surface area contributed by atoms with E-state index >= 15 is 0 Å². The highest BCUT2D eigenvalue weighted by atomic mass is 19.1. The Bertz CT molecular complexity index is 376. The van der Waals surface area contributed by atoms with Gasteiger partial charge in [0.25, 0.3) is 0 Å². The van der Waals surface area contributed by atoms with Crippen molar-refractivity contribution in [3.05, 3.63) is 0 Å². The second-order valence-corrected chi connectivity index (χ2v) is 10.9. The van der Waals surface area contributed by atoms with Crippen molar-refractivity contribution in [2.45, 2.75) is 83.7 Å². The van der Waals surface area contributed by atoms with Crippen molar-refractivity contribution in [3.8, 4) is 0 Å². The first-order valence-corrected chi connectivity index (χ1v) is 13.1. The smallest absolute Gasteiger partial charge is 0.110 e. The van der Waals surface area contributed by atoms with Crippen LogP contribution in [0.2, 0.25) is 0 Å². The van der Waals surface area contributed by atoms with E-state index in [1.54, 1.807) is 6.92 Å². The van der Waals surface area contributed by atoms with Crippen LogP contribution in [0.15, 0.2) is 0 Å². The summed E-state index contributed by atoms with van der Waals surface area (Å²) in [6.45, 7) is 13.4. The van der Waals surface area contributed by atoms with Crippen LogP contribution < -0.4 is 0 Å². The van der Waals surface area contributed by atoms with Gasteiger partial charge in [-0.05, 0) is 79.8 Å². The quantitative estimate of drug-likeness (QED) is 0.524. The molecule has 0 atom stereocenters. The minimum Gasteiger partial charge on any atom is -0.306 e. The van der Waals surface area contributed by atoms with Crippen LogP contribution in [0, 0.1) is 5.92 Å². The van der Waals surface area contributed by atoms with Gasteiger partial charge in [-0.2, -0.15) is 0 Å². The molecule has 0 bridgehead atoms. The Balaban J connectivity index is 0.000000208. The molecule has 0 radical (unpaired) electrons. The van der Waals surface area contributed by atoms with Crippen LogP contribution >= 0.6 is 0 Å². The van der Waals surface area contributed by atoms with Crippen molar-refractivity contribution in [2.24, 2.45) is 5.92 Å². The largest absolute Gasteiger partial charge is 0.306 e. The van der Waals surface area contributed by atoms with E-state index in [2.05, 4.69) is 47.7 Å². The Kier molecular flexibility index (Phi) is 15.2. The average molecular weight is 443 g/mol. The zero-order valence-corrected chi connectivity index (χ0v) is 22.0. The highest BCUT2D eigenvalue weighted by Gasteiger charge is 2.27. The Morgan fingerprint density at radius 1 is 0.548 bits per heavy atom. The predicted molar refractivity (Wildman–Crippen MR) is 135 cm³/mol. The number of nitrogens with zero attached hydrogens (tertiary/aromatic N) is 4. The SMILES string of the molecule is CC1CCCCC1.CN1CCC(C)(F)CC1.CN1CCCCC1.CN1CCN(C)CC1. The average Bonchev–Trinajstić information content (AvgIpc) is 2.75. The van der Waals surface area contributed by atoms with Gasteiger partial charge in [-0.15, -0.1) is 0 Å². The summed E-state index contributed by atoms with van der Waals surface area (Å²) in [5.41, 5.74) is -0.882. The van der Waals surface area contributed by atoms with Gasteiger partial charge in [-0.25, -0.2) is 4.39 Å². The van der Waals surface area contributed by atoms with Crippen LogP contribution in [-0.2, 0) is 0 Å². The first kappa shape index (κ1) is 28.8. The molecule has 5 heteroatoms. The Labute approximate surface area is 194 Å². The predicted octanol–water partition coefficient (Wildman–Crippen LogP) is 4.99. The molecular formula is C26H55FN4. The van der Waals surface area contributed by atoms with Crippen molar-refractivity contribution in [1.29, 1.82) is 0 Å². The maximum atomic E-state index is 13.0. The third kappa shape index (κ3) is 16.1. The molecule has 0 aromatic rings. The summed E-state index contributed by atoms with van der Waals surface area (Å²) in [6, 6.07) is 0. The van der Waals surface area contributed by atoms with Crippen LogP contribution in [0.5, 0.6) is 0 Å². The van der Waals surface area contributed by atoms with E-state index < -0.39 is 5.67 Å². The number of piperazine rings is 1. The van der Waals surface area contributed by atoms with Gasteiger partial charge in [0.1, 0.15) is 5.67 Å². The first-order chi connectivity index (χ1) is 14.7. The fourth-order valence-corrected chi connectivity index (χ4v) is 4.35. The highest BCUT2D eigenvalue weighted by Crippen LogP contribution is 2.24. The molecule has 1 aliphatic carbocycles. The molecule has 0 aromatic heterocycles. The lowest BCUT2D eigenvalue weighted by Crippen LogP contribution is -2.42. The van der Waals surface area contributed by atoms with Crippen LogP contribution in [0.4, 0.5) is 4.39 Å². The molecule has 0 unspecified atom stereocenters. The van der Waals surface area contributed by atoms with Crippen molar-refractivity contribution in [3.63, 3.8) is 0 Å². The highest BCUT2D eigenvalue weighted by molar-refractivity contribution is 4.80. The minimum absolute atomic E-state index is 0.698. The third-order valence-corrected chi connectivity index (χ3v) is 7.23. The molecule has 4 aliphatic rings. The van der Waals surface area contributed by atoms with E-state index in [1.807, 2.05) is 7.05 Å². The molecule has 0 amide bonds. The standard InChI is InChI=1S/C7H14FN.C7H14.C6H14N2.C6H13N/c1-7(8)3-5-9(2)6-4-7;1-7-5-3-2-4-6-7;1-7-3-5-8(2)6-4-7;1-7-5-3-2-4-6-7/h3-6H2,1-2H3;7H,2-6H2,1H3;3-6H2,1-2H3;2-6H2,1H3. The van der Waals surface area contributed by atoms with Gasteiger partial charge in [-0.3, -0.25) is 0 Å². The molecule has 3 heterocycles. The zero-order chi connectivity index (χ0) is 23.1. The molecule has 4 fully saturated rings.